The number of aromatic nitrogens is 1. The molecule has 1 nitrogen and oxygen atoms in total. The zero-order valence-corrected chi connectivity index (χ0v) is 7.99. The van der Waals surface area contributed by atoms with E-state index in [1.54, 1.807) is 0 Å². The number of hydrogen-bond donors (Lipinski definition) is 2. The molecule has 0 aliphatic rings. The molecule has 0 atom stereocenters. The number of aromatic amines is 1. The lowest BCUT2D eigenvalue weighted by atomic mass is 10.2. The summed E-state index contributed by atoms with van der Waals surface area (Å²) in [6, 6.07) is 5.84. The van der Waals surface area contributed by atoms with E-state index in [0.29, 0.717) is 5.75 Å². The van der Waals surface area contributed by atoms with Crippen LogP contribution in [0.5, 0.6) is 0 Å². The van der Waals surface area contributed by atoms with Gasteiger partial charge < -0.3 is 4.98 Å². The normalized spacial score (nSPS) is 10.8. The largest absolute Gasteiger partial charge is 0.361 e. The van der Waals surface area contributed by atoms with E-state index in [1.165, 1.54) is 0 Å². The average molecular weight is 198 g/mol. The minimum atomic E-state index is 0.712. The molecule has 0 saturated carbocycles. The molecule has 0 aliphatic heterocycles. The average Bonchev–Trinajstić information content (AvgIpc) is 2.49. The van der Waals surface area contributed by atoms with Crippen molar-refractivity contribution >= 4 is 35.1 Å². The van der Waals surface area contributed by atoms with E-state index < -0.39 is 0 Å². The van der Waals surface area contributed by atoms with Crippen molar-refractivity contribution in [1.29, 1.82) is 0 Å². The van der Waals surface area contributed by atoms with E-state index in [9.17, 15) is 0 Å². The molecule has 1 aromatic heterocycles. The van der Waals surface area contributed by atoms with Crippen LogP contribution < -0.4 is 0 Å². The monoisotopic (exact) mass is 197 g/mol. The summed E-state index contributed by atoms with van der Waals surface area (Å²) in [4.78, 5) is 3.15. The summed E-state index contributed by atoms with van der Waals surface area (Å²) >= 11 is 10.2. The van der Waals surface area contributed by atoms with Gasteiger partial charge in [-0.05, 0) is 17.7 Å². The van der Waals surface area contributed by atoms with Crippen LogP contribution in [0.15, 0.2) is 24.4 Å². The van der Waals surface area contributed by atoms with Crippen molar-refractivity contribution in [1.82, 2.24) is 4.98 Å². The van der Waals surface area contributed by atoms with Crippen molar-refractivity contribution in [2.75, 3.05) is 0 Å². The van der Waals surface area contributed by atoms with Gasteiger partial charge in [-0.1, -0.05) is 17.7 Å². The Morgan fingerprint density at radius 2 is 2.25 bits per heavy atom. The second kappa shape index (κ2) is 3.04. The Morgan fingerprint density at radius 3 is 3.00 bits per heavy atom. The molecular formula is C9H8ClNS. The fraction of sp³-hybridized carbons (Fsp3) is 0.111. The summed E-state index contributed by atoms with van der Waals surface area (Å²) in [5.74, 6) is 0.712. The quantitative estimate of drug-likeness (QED) is 0.653. The van der Waals surface area contributed by atoms with E-state index in [4.69, 9.17) is 11.6 Å². The first-order valence-electron chi connectivity index (χ1n) is 3.68. The van der Waals surface area contributed by atoms with Crippen molar-refractivity contribution in [3.8, 4) is 0 Å². The third kappa shape index (κ3) is 1.11. The van der Waals surface area contributed by atoms with Crippen LogP contribution in [0.4, 0.5) is 0 Å². The number of halogens is 1. The van der Waals surface area contributed by atoms with E-state index in [2.05, 4.69) is 17.6 Å². The highest BCUT2D eigenvalue weighted by molar-refractivity contribution is 7.79. The fourth-order valence-electron chi connectivity index (χ4n) is 1.33. The zero-order chi connectivity index (χ0) is 8.55. The molecule has 3 heteroatoms. The summed E-state index contributed by atoms with van der Waals surface area (Å²) < 4.78 is 0. The predicted molar refractivity (Wildman–Crippen MR) is 56.0 cm³/mol. The number of rotatable bonds is 1. The smallest absolute Gasteiger partial charge is 0.0502 e. The molecule has 12 heavy (non-hydrogen) atoms. The Morgan fingerprint density at radius 1 is 1.42 bits per heavy atom. The van der Waals surface area contributed by atoms with Gasteiger partial charge >= 0.3 is 0 Å². The van der Waals surface area contributed by atoms with Gasteiger partial charge in [-0.3, -0.25) is 0 Å². The van der Waals surface area contributed by atoms with Crippen LogP contribution in [-0.2, 0) is 5.75 Å². The highest BCUT2D eigenvalue weighted by Crippen LogP contribution is 2.27. The molecule has 1 aromatic carbocycles. The molecule has 62 valence electrons. The summed E-state index contributed by atoms with van der Waals surface area (Å²) in [6.07, 6.45) is 1.95. The highest BCUT2D eigenvalue weighted by atomic mass is 35.5. The van der Waals surface area contributed by atoms with E-state index in [1.807, 2.05) is 24.4 Å². The maximum atomic E-state index is 6.03. The molecule has 2 rings (SSSR count). The van der Waals surface area contributed by atoms with Gasteiger partial charge in [-0.15, -0.1) is 0 Å². The number of nitrogens with one attached hydrogen (secondary N) is 1. The lowest BCUT2D eigenvalue weighted by molar-refractivity contribution is 1.41. The number of H-pyrrole nitrogens is 1. The molecule has 0 amide bonds. The molecule has 1 N–H and O–H groups in total. The van der Waals surface area contributed by atoms with Crippen LogP contribution in [0.25, 0.3) is 10.9 Å². The van der Waals surface area contributed by atoms with E-state index >= 15 is 0 Å². The number of fused-ring (bicyclic) bond motifs is 1. The lowest BCUT2D eigenvalue weighted by Gasteiger charge is -1.95. The third-order valence-electron chi connectivity index (χ3n) is 1.91. The van der Waals surface area contributed by atoms with Gasteiger partial charge in [0.15, 0.2) is 0 Å². The summed E-state index contributed by atoms with van der Waals surface area (Å²) in [5.41, 5.74) is 2.23. The fourth-order valence-corrected chi connectivity index (χ4v) is 1.88. The van der Waals surface area contributed by atoms with Gasteiger partial charge in [0, 0.05) is 22.9 Å². The standard InChI is InChI=1S/C9H8ClNS/c10-7-2-1-3-8-9(7)6(5-12)4-11-8/h1-4,11-12H,5H2. The first-order chi connectivity index (χ1) is 5.83. The topological polar surface area (TPSA) is 15.8 Å². The first-order valence-corrected chi connectivity index (χ1v) is 4.69. The second-order valence-corrected chi connectivity index (χ2v) is 3.36. The van der Waals surface area contributed by atoms with Crippen molar-refractivity contribution in [3.05, 3.63) is 35.0 Å². The number of benzene rings is 1. The highest BCUT2D eigenvalue weighted by Gasteiger charge is 2.04. The summed E-state index contributed by atoms with van der Waals surface area (Å²) in [7, 11) is 0. The minimum absolute atomic E-state index is 0.712. The summed E-state index contributed by atoms with van der Waals surface area (Å²) in [5, 5.41) is 1.88. The second-order valence-electron chi connectivity index (χ2n) is 2.63. The van der Waals surface area contributed by atoms with Crippen molar-refractivity contribution in [3.63, 3.8) is 0 Å². The Balaban J connectivity index is 2.83. The summed E-state index contributed by atoms with van der Waals surface area (Å²) in [6.45, 7) is 0. The molecule has 0 unspecified atom stereocenters. The van der Waals surface area contributed by atoms with Crippen molar-refractivity contribution < 1.29 is 0 Å². The Labute approximate surface area is 81.1 Å². The van der Waals surface area contributed by atoms with Crippen molar-refractivity contribution in [2.45, 2.75) is 5.75 Å². The van der Waals surface area contributed by atoms with Crippen LogP contribution in [0.2, 0.25) is 5.02 Å². The third-order valence-corrected chi connectivity index (χ3v) is 2.56. The van der Waals surface area contributed by atoms with Crippen LogP contribution in [-0.4, -0.2) is 4.98 Å². The Bertz CT molecular complexity index is 408. The SMILES string of the molecule is SCc1c[nH]c2cccc(Cl)c12. The van der Waals surface area contributed by atoms with E-state index in [-0.39, 0.29) is 0 Å². The Hall–Kier alpha value is -0.600. The van der Waals surface area contributed by atoms with Gasteiger partial charge in [-0.25, -0.2) is 0 Å². The molecule has 0 saturated heterocycles. The van der Waals surface area contributed by atoms with Gasteiger partial charge in [0.2, 0.25) is 0 Å². The van der Waals surface area contributed by atoms with Crippen molar-refractivity contribution in [2.24, 2.45) is 0 Å². The van der Waals surface area contributed by atoms with E-state index in [0.717, 1.165) is 21.5 Å². The van der Waals surface area contributed by atoms with Crippen LogP contribution >= 0.6 is 24.2 Å². The molecule has 0 fully saturated rings. The van der Waals surface area contributed by atoms with Gasteiger partial charge in [-0.2, -0.15) is 12.6 Å². The minimum Gasteiger partial charge on any atom is -0.361 e. The van der Waals surface area contributed by atoms with Gasteiger partial charge in [0.1, 0.15) is 0 Å². The van der Waals surface area contributed by atoms with Crippen LogP contribution in [0, 0.1) is 0 Å². The van der Waals surface area contributed by atoms with Crippen LogP contribution in [0.3, 0.4) is 0 Å². The first kappa shape index (κ1) is 8.02. The molecule has 0 aliphatic carbocycles. The van der Waals surface area contributed by atoms with Gasteiger partial charge in [0.05, 0.1) is 5.02 Å². The maximum Gasteiger partial charge on any atom is 0.0502 e. The lowest BCUT2D eigenvalue weighted by Crippen LogP contribution is -1.74. The predicted octanol–water partition coefficient (Wildman–Crippen LogP) is 3.25. The molecular weight excluding hydrogens is 190 g/mol. The van der Waals surface area contributed by atoms with Crippen LogP contribution in [0.1, 0.15) is 5.56 Å². The van der Waals surface area contributed by atoms with Gasteiger partial charge in [0.25, 0.3) is 0 Å². The maximum absolute atomic E-state index is 6.03. The Kier molecular flexibility index (Phi) is 2.03. The molecule has 2 aromatic rings. The molecule has 1 heterocycles. The zero-order valence-electron chi connectivity index (χ0n) is 6.34. The molecule has 0 spiro atoms. The molecule has 0 radical (unpaired) electrons. The number of hydrogen-bond acceptors (Lipinski definition) is 1. The molecule has 0 bridgehead atoms. The number of thiol groups is 1.